The zero-order valence-electron chi connectivity index (χ0n) is 15.7. The topological polar surface area (TPSA) is 74.6 Å². The van der Waals surface area contributed by atoms with Gasteiger partial charge >= 0.3 is 0 Å². The fourth-order valence-electron chi connectivity index (χ4n) is 2.85. The number of carbonyl (C=O) groups is 1. The summed E-state index contributed by atoms with van der Waals surface area (Å²) in [5, 5.41) is 6.99. The lowest BCUT2D eigenvalue weighted by Crippen LogP contribution is -2.17. The average Bonchev–Trinajstić information content (AvgIpc) is 3.14. The number of para-hydroxylation sites is 1. The second-order valence-corrected chi connectivity index (χ2v) is 5.83. The summed E-state index contributed by atoms with van der Waals surface area (Å²) in [6.07, 6.45) is 1.56. The maximum absolute atomic E-state index is 13.6. The van der Waals surface area contributed by atoms with Crippen LogP contribution in [0.3, 0.4) is 0 Å². The molecule has 0 atom stereocenters. The molecule has 0 unspecified atom stereocenters. The number of rotatable bonds is 7. The van der Waals surface area contributed by atoms with E-state index in [9.17, 15) is 9.18 Å². The summed E-state index contributed by atoms with van der Waals surface area (Å²) < 4.78 is 31.1. The van der Waals surface area contributed by atoms with Gasteiger partial charge in [-0.15, -0.1) is 0 Å². The van der Waals surface area contributed by atoms with Crippen molar-refractivity contribution < 1.29 is 23.4 Å². The predicted octanol–water partition coefficient (Wildman–Crippen LogP) is 3.35. The van der Waals surface area contributed by atoms with Crippen molar-refractivity contribution >= 4 is 11.7 Å². The summed E-state index contributed by atoms with van der Waals surface area (Å²) in [5.74, 6) is 0.878. The van der Waals surface area contributed by atoms with Gasteiger partial charge < -0.3 is 19.5 Å². The third kappa shape index (κ3) is 3.90. The van der Waals surface area contributed by atoms with Crippen molar-refractivity contribution in [1.29, 1.82) is 0 Å². The van der Waals surface area contributed by atoms with Gasteiger partial charge in [-0.05, 0) is 24.3 Å². The quantitative estimate of drug-likeness (QED) is 0.675. The molecule has 0 aliphatic rings. The second-order valence-electron chi connectivity index (χ2n) is 5.83. The van der Waals surface area contributed by atoms with Gasteiger partial charge in [-0.2, -0.15) is 5.10 Å². The molecule has 1 amide bonds. The molecule has 3 aromatic rings. The van der Waals surface area contributed by atoms with Crippen LogP contribution in [0.25, 0.3) is 0 Å². The molecule has 0 spiro atoms. The van der Waals surface area contributed by atoms with Gasteiger partial charge in [0.25, 0.3) is 5.91 Å². The van der Waals surface area contributed by atoms with Gasteiger partial charge in [0.1, 0.15) is 17.4 Å². The predicted molar refractivity (Wildman–Crippen MR) is 102 cm³/mol. The maximum Gasteiger partial charge on any atom is 0.260 e. The lowest BCUT2D eigenvalue weighted by atomic mass is 10.1. The number of nitrogens with one attached hydrogen (secondary N) is 1. The molecule has 0 fully saturated rings. The number of halogens is 1. The Kier molecular flexibility index (Phi) is 5.78. The van der Waals surface area contributed by atoms with Crippen LogP contribution in [0.5, 0.6) is 17.2 Å². The van der Waals surface area contributed by atoms with Crippen molar-refractivity contribution in [2.24, 2.45) is 0 Å². The molecule has 0 saturated heterocycles. The lowest BCUT2D eigenvalue weighted by molar-refractivity contribution is 0.102. The van der Waals surface area contributed by atoms with E-state index in [-0.39, 0.29) is 11.3 Å². The van der Waals surface area contributed by atoms with E-state index >= 15 is 0 Å². The number of hydrogen-bond donors (Lipinski definition) is 1. The molecule has 7 nitrogen and oxygen atoms in total. The second kappa shape index (κ2) is 8.43. The van der Waals surface area contributed by atoms with Crippen molar-refractivity contribution in [2.75, 3.05) is 26.6 Å². The number of amides is 1. The summed E-state index contributed by atoms with van der Waals surface area (Å²) >= 11 is 0. The molecule has 146 valence electrons. The zero-order valence-corrected chi connectivity index (χ0v) is 15.7. The Balaban J connectivity index is 1.86. The van der Waals surface area contributed by atoms with Crippen LogP contribution in [-0.4, -0.2) is 37.0 Å². The van der Waals surface area contributed by atoms with Gasteiger partial charge in [0.2, 0.25) is 0 Å². The van der Waals surface area contributed by atoms with E-state index in [0.29, 0.717) is 23.9 Å². The van der Waals surface area contributed by atoms with Crippen molar-refractivity contribution in [2.45, 2.75) is 6.54 Å². The van der Waals surface area contributed by atoms with E-state index in [2.05, 4.69) is 10.4 Å². The van der Waals surface area contributed by atoms with Crippen LogP contribution in [0.2, 0.25) is 0 Å². The van der Waals surface area contributed by atoms with Crippen molar-refractivity contribution in [3.05, 3.63) is 65.6 Å². The van der Waals surface area contributed by atoms with E-state index in [1.807, 2.05) is 12.1 Å². The molecule has 1 N–H and O–H groups in total. The first-order chi connectivity index (χ1) is 13.6. The van der Waals surface area contributed by atoms with Crippen LogP contribution in [0.1, 0.15) is 15.9 Å². The Morgan fingerprint density at radius 2 is 1.86 bits per heavy atom. The van der Waals surface area contributed by atoms with Crippen molar-refractivity contribution in [3.8, 4) is 17.2 Å². The van der Waals surface area contributed by atoms with E-state index in [1.54, 1.807) is 37.2 Å². The fourth-order valence-corrected chi connectivity index (χ4v) is 2.85. The number of nitrogens with zero attached hydrogens (tertiary/aromatic N) is 2. The largest absolute Gasteiger partial charge is 0.496 e. The molecule has 8 heteroatoms. The number of ether oxygens (including phenoxy) is 3. The molecule has 0 saturated carbocycles. The summed E-state index contributed by atoms with van der Waals surface area (Å²) in [6.45, 7) is 0.337. The van der Waals surface area contributed by atoms with Crippen molar-refractivity contribution in [3.63, 3.8) is 0 Å². The molecule has 0 bridgehead atoms. The molecule has 2 aromatic carbocycles. The molecule has 0 aliphatic carbocycles. The highest BCUT2D eigenvalue weighted by atomic mass is 19.1. The van der Waals surface area contributed by atoms with Crippen LogP contribution in [-0.2, 0) is 6.54 Å². The first kappa shape index (κ1) is 19.2. The minimum Gasteiger partial charge on any atom is -0.496 e. The minimum atomic E-state index is -0.527. The van der Waals surface area contributed by atoms with E-state index < -0.39 is 11.7 Å². The van der Waals surface area contributed by atoms with Gasteiger partial charge in [0.15, 0.2) is 11.5 Å². The Morgan fingerprint density at radius 3 is 2.57 bits per heavy atom. The van der Waals surface area contributed by atoms with Gasteiger partial charge in [-0.25, -0.2) is 9.07 Å². The molecule has 0 aliphatic heterocycles. The Morgan fingerprint density at radius 1 is 1.07 bits per heavy atom. The van der Waals surface area contributed by atoms with Gasteiger partial charge in [0.05, 0.1) is 39.6 Å². The highest BCUT2D eigenvalue weighted by Gasteiger charge is 2.17. The Hall–Kier alpha value is -3.55. The molecular formula is C20H20FN3O4. The Bertz CT molecular complexity index is 987. The van der Waals surface area contributed by atoms with E-state index in [4.69, 9.17) is 14.2 Å². The lowest BCUT2D eigenvalue weighted by Gasteiger charge is -2.14. The van der Waals surface area contributed by atoms with Crippen LogP contribution < -0.4 is 19.5 Å². The molecule has 0 radical (unpaired) electrons. The van der Waals surface area contributed by atoms with Gasteiger partial charge in [0, 0.05) is 11.6 Å². The summed E-state index contributed by atoms with van der Waals surface area (Å²) in [7, 11) is 4.54. The Labute approximate surface area is 161 Å². The summed E-state index contributed by atoms with van der Waals surface area (Å²) in [6, 6.07) is 10.9. The number of aromatic nitrogens is 2. The number of benzene rings is 2. The molecule has 3 rings (SSSR count). The SMILES string of the molecule is COc1ccc(F)cc1C(=O)Nc1ccnn1Cc1cccc(OC)c1OC. The van der Waals surface area contributed by atoms with Crippen LogP contribution in [0, 0.1) is 5.82 Å². The third-order valence-corrected chi connectivity index (χ3v) is 4.17. The standard InChI is InChI=1S/C20H20FN3O4/c1-26-16-8-7-14(21)11-15(16)20(25)23-18-9-10-22-24(18)12-13-5-4-6-17(27-2)19(13)28-3/h4-11H,12H2,1-3H3,(H,23,25). The number of methoxy groups -OCH3 is 3. The average molecular weight is 385 g/mol. The summed E-state index contributed by atoms with van der Waals surface area (Å²) in [4.78, 5) is 12.6. The number of hydrogen-bond acceptors (Lipinski definition) is 5. The molecule has 1 aromatic heterocycles. The number of carbonyl (C=O) groups excluding carboxylic acids is 1. The molecule has 1 heterocycles. The summed E-state index contributed by atoms with van der Waals surface area (Å²) in [5.41, 5.74) is 0.915. The van der Waals surface area contributed by atoms with Gasteiger partial charge in [-0.3, -0.25) is 4.79 Å². The van der Waals surface area contributed by atoms with Crippen LogP contribution in [0.4, 0.5) is 10.2 Å². The van der Waals surface area contributed by atoms with Gasteiger partial charge in [-0.1, -0.05) is 12.1 Å². The third-order valence-electron chi connectivity index (χ3n) is 4.17. The molecule has 28 heavy (non-hydrogen) atoms. The van der Waals surface area contributed by atoms with Crippen LogP contribution >= 0.6 is 0 Å². The fraction of sp³-hybridized carbons (Fsp3) is 0.200. The maximum atomic E-state index is 13.6. The van der Waals surface area contributed by atoms with Crippen molar-refractivity contribution in [1.82, 2.24) is 9.78 Å². The highest BCUT2D eigenvalue weighted by molar-refractivity contribution is 6.05. The van der Waals surface area contributed by atoms with E-state index in [1.165, 1.54) is 19.2 Å². The smallest absolute Gasteiger partial charge is 0.260 e. The first-order valence-corrected chi connectivity index (χ1v) is 8.44. The van der Waals surface area contributed by atoms with Crippen LogP contribution in [0.15, 0.2) is 48.7 Å². The zero-order chi connectivity index (χ0) is 20.1. The van der Waals surface area contributed by atoms with E-state index in [0.717, 1.165) is 11.6 Å². The normalized spacial score (nSPS) is 10.4. The highest BCUT2D eigenvalue weighted by Crippen LogP contribution is 2.31. The molecular weight excluding hydrogens is 365 g/mol. The first-order valence-electron chi connectivity index (χ1n) is 8.44. The monoisotopic (exact) mass is 385 g/mol. The minimum absolute atomic E-state index is 0.0919. The number of anilines is 1.